The molecule has 2 aromatic rings. The van der Waals surface area contributed by atoms with Gasteiger partial charge in [-0.15, -0.1) is 0 Å². The first kappa shape index (κ1) is 13.9. The molecular formula is C17H23NO. The number of aryl methyl sites for hydroxylation is 4. The molecule has 2 N–H and O–H groups in total. The van der Waals surface area contributed by atoms with E-state index >= 15 is 0 Å². The zero-order chi connectivity index (χ0) is 14.2. The molecule has 0 bridgehead atoms. The number of nitrogens with two attached hydrogens (primary N) is 1. The van der Waals surface area contributed by atoms with E-state index in [9.17, 15) is 0 Å². The van der Waals surface area contributed by atoms with Crippen molar-refractivity contribution in [2.75, 3.05) is 0 Å². The van der Waals surface area contributed by atoms with Gasteiger partial charge in [0.2, 0.25) is 0 Å². The number of furan rings is 1. The summed E-state index contributed by atoms with van der Waals surface area (Å²) < 4.78 is 5.67. The van der Waals surface area contributed by atoms with Crippen LogP contribution in [0.25, 0.3) is 0 Å². The van der Waals surface area contributed by atoms with E-state index in [1.807, 2.05) is 13.8 Å². The monoisotopic (exact) mass is 257 g/mol. The van der Waals surface area contributed by atoms with Crippen LogP contribution in [0.5, 0.6) is 0 Å². The van der Waals surface area contributed by atoms with Crippen molar-refractivity contribution >= 4 is 0 Å². The van der Waals surface area contributed by atoms with Crippen LogP contribution in [0.15, 0.2) is 22.6 Å². The Bertz CT molecular complexity index is 575. The minimum Gasteiger partial charge on any atom is -0.466 e. The molecule has 0 radical (unpaired) electrons. The Morgan fingerprint density at radius 1 is 0.947 bits per heavy atom. The second-order valence-electron chi connectivity index (χ2n) is 5.56. The molecular weight excluding hydrogens is 234 g/mol. The van der Waals surface area contributed by atoms with Crippen LogP contribution in [-0.4, -0.2) is 0 Å². The highest BCUT2D eigenvalue weighted by molar-refractivity contribution is 5.36. The maximum atomic E-state index is 6.38. The summed E-state index contributed by atoms with van der Waals surface area (Å²) >= 11 is 0. The lowest BCUT2D eigenvalue weighted by molar-refractivity contribution is 0.496. The van der Waals surface area contributed by atoms with Gasteiger partial charge in [-0.2, -0.15) is 0 Å². The average molecular weight is 257 g/mol. The van der Waals surface area contributed by atoms with E-state index in [1.54, 1.807) is 0 Å². The molecule has 2 heteroatoms. The van der Waals surface area contributed by atoms with Crippen molar-refractivity contribution < 1.29 is 4.42 Å². The first-order chi connectivity index (χ1) is 8.88. The molecule has 0 saturated carbocycles. The summed E-state index contributed by atoms with van der Waals surface area (Å²) in [5, 5.41) is 0. The largest absolute Gasteiger partial charge is 0.466 e. The molecule has 102 valence electrons. The standard InChI is InChI=1S/C17H23NO/c1-10-6-11(2)8-15(7-10)9-16(18)17-12(3)13(4)19-14(17)5/h6-8,16H,9,18H2,1-5H3. The fourth-order valence-electron chi connectivity index (χ4n) is 2.90. The van der Waals surface area contributed by atoms with Gasteiger partial charge in [-0.1, -0.05) is 29.3 Å². The maximum Gasteiger partial charge on any atom is 0.106 e. The predicted molar refractivity (Wildman–Crippen MR) is 79.5 cm³/mol. The molecule has 2 rings (SSSR count). The Balaban J connectivity index is 2.27. The first-order valence-corrected chi connectivity index (χ1v) is 6.77. The average Bonchev–Trinajstić information content (AvgIpc) is 2.51. The summed E-state index contributed by atoms with van der Waals surface area (Å²) in [5.74, 6) is 1.93. The van der Waals surface area contributed by atoms with Gasteiger partial charge in [-0.25, -0.2) is 0 Å². The third-order valence-corrected chi connectivity index (χ3v) is 3.73. The minimum absolute atomic E-state index is 0.00125. The van der Waals surface area contributed by atoms with Gasteiger partial charge in [0.15, 0.2) is 0 Å². The highest BCUT2D eigenvalue weighted by Gasteiger charge is 2.18. The zero-order valence-corrected chi connectivity index (χ0v) is 12.5. The van der Waals surface area contributed by atoms with E-state index in [0.717, 1.165) is 23.5 Å². The Kier molecular flexibility index (Phi) is 3.81. The van der Waals surface area contributed by atoms with Crippen LogP contribution in [0.4, 0.5) is 0 Å². The molecule has 0 aliphatic heterocycles. The summed E-state index contributed by atoms with van der Waals surface area (Å²) in [6.07, 6.45) is 0.850. The van der Waals surface area contributed by atoms with E-state index in [-0.39, 0.29) is 6.04 Å². The van der Waals surface area contributed by atoms with Gasteiger partial charge in [0.25, 0.3) is 0 Å². The third-order valence-electron chi connectivity index (χ3n) is 3.73. The lowest BCUT2D eigenvalue weighted by Crippen LogP contribution is -2.15. The SMILES string of the molecule is Cc1cc(C)cc(CC(N)c2c(C)oc(C)c2C)c1. The molecule has 1 aromatic heterocycles. The zero-order valence-electron chi connectivity index (χ0n) is 12.5. The number of rotatable bonds is 3. The second kappa shape index (κ2) is 5.22. The van der Waals surface area contributed by atoms with Crippen molar-refractivity contribution in [1.82, 2.24) is 0 Å². The molecule has 0 amide bonds. The molecule has 0 saturated heterocycles. The number of hydrogen-bond acceptors (Lipinski definition) is 2. The van der Waals surface area contributed by atoms with Crippen LogP contribution in [0, 0.1) is 34.6 Å². The van der Waals surface area contributed by atoms with Crippen molar-refractivity contribution in [3.8, 4) is 0 Å². The molecule has 0 aliphatic carbocycles. The van der Waals surface area contributed by atoms with Gasteiger partial charge in [-0.3, -0.25) is 0 Å². The summed E-state index contributed by atoms with van der Waals surface area (Å²) in [7, 11) is 0. The highest BCUT2D eigenvalue weighted by Crippen LogP contribution is 2.28. The minimum atomic E-state index is -0.00125. The van der Waals surface area contributed by atoms with Crippen LogP contribution in [-0.2, 0) is 6.42 Å². The lowest BCUT2D eigenvalue weighted by atomic mass is 9.95. The fourth-order valence-corrected chi connectivity index (χ4v) is 2.90. The van der Waals surface area contributed by atoms with Gasteiger partial charge < -0.3 is 10.2 Å². The Morgan fingerprint density at radius 3 is 2.00 bits per heavy atom. The molecule has 19 heavy (non-hydrogen) atoms. The molecule has 0 fully saturated rings. The maximum absolute atomic E-state index is 6.38. The van der Waals surface area contributed by atoms with Gasteiger partial charge >= 0.3 is 0 Å². The summed E-state index contributed by atoms with van der Waals surface area (Å²) in [4.78, 5) is 0. The van der Waals surface area contributed by atoms with E-state index < -0.39 is 0 Å². The highest BCUT2D eigenvalue weighted by atomic mass is 16.3. The Hall–Kier alpha value is -1.54. The normalized spacial score (nSPS) is 12.7. The van der Waals surface area contributed by atoms with Crippen LogP contribution in [0.1, 0.15) is 45.4 Å². The molecule has 1 aromatic carbocycles. The predicted octanol–water partition coefficient (Wildman–Crippen LogP) is 4.06. The quantitative estimate of drug-likeness (QED) is 0.900. The molecule has 1 unspecified atom stereocenters. The topological polar surface area (TPSA) is 39.2 Å². The Labute approximate surface area is 115 Å². The summed E-state index contributed by atoms with van der Waals surface area (Å²) in [5.41, 5.74) is 12.6. The van der Waals surface area contributed by atoms with E-state index in [1.165, 1.54) is 22.3 Å². The number of hydrogen-bond donors (Lipinski definition) is 1. The van der Waals surface area contributed by atoms with Crippen molar-refractivity contribution in [3.63, 3.8) is 0 Å². The Morgan fingerprint density at radius 2 is 1.53 bits per heavy atom. The first-order valence-electron chi connectivity index (χ1n) is 6.77. The van der Waals surface area contributed by atoms with E-state index in [2.05, 4.69) is 39.0 Å². The van der Waals surface area contributed by atoms with Crippen molar-refractivity contribution in [2.45, 2.75) is 47.1 Å². The van der Waals surface area contributed by atoms with E-state index in [4.69, 9.17) is 10.2 Å². The van der Waals surface area contributed by atoms with Crippen LogP contribution < -0.4 is 5.73 Å². The van der Waals surface area contributed by atoms with Crippen molar-refractivity contribution in [1.29, 1.82) is 0 Å². The molecule has 2 nitrogen and oxygen atoms in total. The van der Waals surface area contributed by atoms with Gasteiger partial charge in [-0.05, 0) is 52.2 Å². The van der Waals surface area contributed by atoms with Crippen molar-refractivity contribution in [3.05, 3.63) is 57.5 Å². The summed E-state index contributed by atoms with van der Waals surface area (Å²) in [6, 6.07) is 6.61. The van der Waals surface area contributed by atoms with Crippen LogP contribution in [0.2, 0.25) is 0 Å². The van der Waals surface area contributed by atoms with Crippen LogP contribution >= 0.6 is 0 Å². The van der Waals surface area contributed by atoms with Gasteiger partial charge in [0.1, 0.15) is 11.5 Å². The van der Waals surface area contributed by atoms with Crippen LogP contribution in [0.3, 0.4) is 0 Å². The molecule has 1 atom stereocenters. The second-order valence-corrected chi connectivity index (χ2v) is 5.56. The molecule has 0 aliphatic rings. The summed E-state index contributed by atoms with van der Waals surface area (Å²) in [6.45, 7) is 10.3. The number of benzene rings is 1. The lowest BCUT2D eigenvalue weighted by Gasteiger charge is -2.13. The van der Waals surface area contributed by atoms with Gasteiger partial charge in [0, 0.05) is 11.6 Å². The fraction of sp³-hybridized carbons (Fsp3) is 0.412. The van der Waals surface area contributed by atoms with E-state index in [0.29, 0.717) is 0 Å². The van der Waals surface area contributed by atoms with Crippen molar-refractivity contribution in [2.24, 2.45) is 5.73 Å². The third kappa shape index (κ3) is 2.90. The molecule has 0 spiro atoms. The van der Waals surface area contributed by atoms with Gasteiger partial charge in [0.05, 0.1) is 0 Å². The molecule has 1 heterocycles. The smallest absolute Gasteiger partial charge is 0.106 e.